The third-order valence-corrected chi connectivity index (χ3v) is 5.21. The van der Waals surface area contributed by atoms with Crippen LogP contribution < -0.4 is 14.9 Å². The Balaban J connectivity index is 1.96. The van der Waals surface area contributed by atoms with E-state index in [-0.39, 0.29) is 35.4 Å². The highest BCUT2D eigenvalue weighted by Gasteiger charge is 2.42. The second-order valence-electron chi connectivity index (χ2n) is 6.91. The van der Waals surface area contributed by atoms with E-state index in [4.69, 9.17) is 13.9 Å². The lowest BCUT2D eigenvalue weighted by Gasteiger charge is -2.25. The Morgan fingerprint density at radius 2 is 1.87 bits per heavy atom. The zero-order valence-electron chi connectivity index (χ0n) is 16.5. The largest absolute Gasteiger partial charge is 0.493 e. The van der Waals surface area contributed by atoms with Gasteiger partial charge in [0.1, 0.15) is 11.4 Å². The summed E-state index contributed by atoms with van der Waals surface area (Å²) in [6, 6.07) is 7.95. The summed E-state index contributed by atoms with van der Waals surface area (Å²) in [5.74, 6) is -0.160. The van der Waals surface area contributed by atoms with Crippen LogP contribution in [-0.4, -0.2) is 43.3 Å². The molecule has 0 spiro atoms. The molecule has 0 fully saturated rings. The topological polar surface area (TPSA) is 89.2 Å². The van der Waals surface area contributed by atoms with Crippen molar-refractivity contribution in [2.75, 3.05) is 27.4 Å². The summed E-state index contributed by atoms with van der Waals surface area (Å²) in [5.41, 5.74) is 0.429. The van der Waals surface area contributed by atoms with Crippen LogP contribution in [0.3, 0.4) is 0 Å². The molecule has 7 nitrogen and oxygen atoms in total. The van der Waals surface area contributed by atoms with Crippen LogP contribution in [-0.2, 0) is 0 Å². The molecule has 3 aromatic rings. The molecule has 1 atom stereocenters. The molecule has 30 heavy (non-hydrogen) atoms. The first-order valence-corrected chi connectivity index (χ1v) is 9.40. The number of halogens is 1. The van der Waals surface area contributed by atoms with Crippen molar-refractivity contribution in [3.05, 3.63) is 69.3 Å². The van der Waals surface area contributed by atoms with Crippen LogP contribution in [0, 0.1) is 5.82 Å². The van der Waals surface area contributed by atoms with E-state index in [2.05, 4.69) is 0 Å². The van der Waals surface area contributed by atoms with Crippen LogP contribution >= 0.6 is 0 Å². The van der Waals surface area contributed by atoms with Gasteiger partial charge >= 0.3 is 0 Å². The number of aliphatic hydroxyl groups is 1. The van der Waals surface area contributed by atoms with E-state index in [0.717, 1.165) is 6.07 Å². The average Bonchev–Trinajstić information content (AvgIpc) is 3.04. The van der Waals surface area contributed by atoms with Gasteiger partial charge in [-0.05, 0) is 42.3 Å². The molecule has 1 amide bonds. The summed E-state index contributed by atoms with van der Waals surface area (Å²) in [5, 5.41) is 9.34. The quantitative estimate of drug-likeness (QED) is 0.669. The minimum absolute atomic E-state index is 0.0658. The maximum absolute atomic E-state index is 13.8. The molecular weight excluding hydrogens is 393 g/mol. The number of aliphatic hydroxyl groups excluding tert-OH is 1. The number of nitrogens with zero attached hydrogens (tertiary/aromatic N) is 1. The molecule has 0 radical (unpaired) electrons. The van der Waals surface area contributed by atoms with Crippen molar-refractivity contribution >= 4 is 16.9 Å². The van der Waals surface area contributed by atoms with Crippen molar-refractivity contribution < 1.29 is 28.2 Å². The van der Waals surface area contributed by atoms with Crippen molar-refractivity contribution in [1.82, 2.24) is 4.90 Å². The summed E-state index contributed by atoms with van der Waals surface area (Å²) in [7, 11) is 3.00. The van der Waals surface area contributed by atoms with Crippen molar-refractivity contribution in [3.63, 3.8) is 0 Å². The molecule has 156 valence electrons. The van der Waals surface area contributed by atoms with Gasteiger partial charge < -0.3 is 23.9 Å². The third kappa shape index (κ3) is 3.09. The molecule has 1 N–H and O–H groups in total. The number of methoxy groups -OCH3 is 2. The summed E-state index contributed by atoms with van der Waals surface area (Å²) >= 11 is 0. The molecule has 4 rings (SSSR count). The predicted molar refractivity (Wildman–Crippen MR) is 107 cm³/mol. The number of hydrogen-bond acceptors (Lipinski definition) is 6. The highest BCUT2D eigenvalue weighted by Crippen LogP contribution is 2.40. The normalized spacial score (nSPS) is 15.5. The van der Waals surface area contributed by atoms with Gasteiger partial charge in [0, 0.05) is 13.2 Å². The highest BCUT2D eigenvalue weighted by atomic mass is 19.1. The minimum atomic E-state index is -0.761. The number of ether oxygens (including phenoxy) is 2. The standard InChI is InChI=1S/C22H20FNO6/c1-28-16-6-4-12(10-17(16)29-2)19-18-20(26)14-11-13(23)5-7-15(14)30-21(18)22(27)24(19)8-3-9-25/h4-7,10-11,19,25H,3,8-9H2,1-2H3. The number of rotatable bonds is 6. The molecule has 1 aromatic heterocycles. The molecule has 2 heterocycles. The molecule has 0 saturated carbocycles. The van der Waals surface area contributed by atoms with Gasteiger partial charge in [0.15, 0.2) is 16.9 Å². The zero-order chi connectivity index (χ0) is 21.4. The Morgan fingerprint density at radius 3 is 2.57 bits per heavy atom. The maximum Gasteiger partial charge on any atom is 0.290 e. The van der Waals surface area contributed by atoms with E-state index < -0.39 is 23.2 Å². The van der Waals surface area contributed by atoms with Crippen molar-refractivity contribution in [2.24, 2.45) is 0 Å². The second-order valence-corrected chi connectivity index (χ2v) is 6.91. The molecule has 2 aromatic carbocycles. The first-order valence-electron chi connectivity index (χ1n) is 9.40. The molecule has 1 aliphatic rings. The van der Waals surface area contributed by atoms with Crippen LogP contribution in [0.2, 0.25) is 0 Å². The van der Waals surface area contributed by atoms with E-state index in [1.54, 1.807) is 18.2 Å². The Hall–Kier alpha value is -3.39. The Kier molecular flexibility index (Phi) is 5.17. The lowest BCUT2D eigenvalue weighted by Crippen LogP contribution is -2.31. The van der Waals surface area contributed by atoms with Gasteiger partial charge in [-0.15, -0.1) is 0 Å². The highest BCUT2D eigenvalue weighted by molar-refractivity contribution is 5.99. The third-order valence-electron chi connectivity index (χ3n) is 5.21. The van der Waals surface area contributed by atoms with Gasteiger partial charge in [-0.3, -0.25) is 9.59 Å². The fraction of sp³-hybridized carbons (Fsp3) is 0.273. The van der Waals surface area contributed by atoms with Crippen LogP contribution in [0.5, 0.6) is 11.5 Å². The molecule has 0 aliphatic carbocycles. The molecule has 1 aliphatic heterocycles. The number of carbonyl (C=O) groups is 1. The molecule has 0 bridgehead atoms. The smallest absolute Gasteiger partial charge is 0.290 e. The SMILES string of the molecule is COc1ccc(C2c3c(oc4ccc(F)cc4c3=O)C(=O)N2CCCO)cc1OC. The summed E-state index contributed by atoms with van der Waals surface area (Å²) in [4.78, 5) is 27.9. The summed E-state index contributed by atoms with van der Waals surface area (Å²) < 4.78 is 30.1. The van der Waals surface area contributed by atoms with Crippen molar-refractivity contribution in [2.45, 2.75) is 12.5 Å². The molecular formula is C22H20FNO6. The first kappa shape index (κ1) is 19.9. The molecule has 1 unspecified atom stereocenters. The summed E-state index contributed by atoms with van der Waals surface area (Å²) in [6.45, 7) is 0.0933. The van der Waals surface area contributed by atoms with E-state index in [1.807, 2.05) is 0 Å². The Morgan fingerprint density at radius 1 is 1.10 bits per heavy atom. The Labute approximate surface area is 171 Å². The van der Waals surface area contributed by atoms with Crippen LogP contribution in [0.4, 0.5) is 4.39 Å². The number of amides is 1. The zero-order valence-corrected chi connectivity index (χ0v) is 16.5. The van der Waals surface area contributed by atoms with E-state index in [0.29, 0.717) is 23.5 Å². The number of carbonyl (C=O) groups excluding carboxylic acids is 1. The maximum atomic E-state index is 13.8. The van der Waals surface area contributed by atoms with E-state index >= 15 is 0 Å². The number of hydrogen-bond donors (Lipinski definition) is 1. The van der Waals surface area contributed by atoms with Gasteiger partial charge in [-0.2, -0.15) is 0 Å². The molecule has 0 saturated heterocycles. The predicted octanol–water partition coefficient (Wildman–Crippen LogP) is 2.88. The van der Waals surface area contributed by atoms with Gasteiger partial charge in [0.05, 0.1) is 31.2 Å². The lowest BCUT2D eigenvalue weighted by molar-refractivity contribution is 0.0716. The minimum Gasteiger partial charge on any atom is -0.493 e. The van der Waals surface area contributed by atoms with Crippen LogP contribution in [0.1, 0.15) is 34.1 Å². The van der Waals surface area contributed by atoms with Gasteiger partial charge in [0.25, 0.3) is 5.91 Å². The number of benzene rings is 2. The van der Waals surface area contributed by atoms with Crippen molar-refractivity contribution in [3.8, 4) is 11.5 Å². The molecule has 8 heteroatoms. The monoisotopic (exact) mass is 413 g/mol. The van der Waals surface area contributed by atoms with Gasteiger partial charge in [0.2, 0.25) is 5.76 Å². The fourth-order valence-corrected chi connectivity index (χ4v) is 3.83. The average molecular weight is 413 g/mol. The fourth-order valence-electron chi connectivity index (χ4n) is 3.83. The summed E-state index contributed by atoms with van der Waals surface area (Å²) in [6.07, 6.45) is 0.325. The Bertz CT molecular complexity index is 1190. The number of fused-ring (bicyclic) bond motifs is 2. The van der Waals surface area contributed by atoms with Crippen LogP contribution in [0.25, 0.3) is 11.0 Å². The second kappa shape index (κ2) is 7.79. The van der Waals surface area contributed by atoms with E-state index in [1.165, 1.54) is 31.3 Å². The van der Waals surface area contributed by atoms with Gasteiger partial charge in [-0.25, -0.2) is 4.39 Å². The van der Waals surface area contributed by atoms with Crippen molar-refractivity contribution in [1.29, 1.82) is 0 Å². The van der Waals surface area contributed by atoms with E-state index in [9.17, 15) is 19.1 Å². The first-order chi connectivity index (χ1) is 14.5. The van der Waals surface area contributed by atoms with Gasteiger partial charge in [-0.1, -0.05) is 6.07 Å². The van der Waals surface area contributed by atoms with Crippen LogP contribution in [0.15, 0.2) is 45.6 Å². The lowest BCUT2D eigenvalue weighted by atomic mass is 9.98.